The SMILES string of the molecule is COC(=O)CN(C)CC(=O)NC(C)c1ccccc1C. The molecule has 0 heterocycles. The zero-order valence-electron chi connectivity index (χ0n) is 12.5. The zero-order chi connectivity index (χ0) is 15.1. The van der Waals surface area contributed by atoms with Crippen LogP contribution in [-0.2, 0) is 14.3 Å². The van der Waals surface area contributed by atoms with Gasteiger partial charge in [-0.25, -0.2) is 0 Å². The Morgan fingerprint density at radius 3 is 2.55 bits per heavy atom. The summed E-state index contributed by atoms with van der Waals surface area (Å²) in [6.45, 7) is 4.22. The minimum atomic E-state index is -0.354. The summed E-state index contributed by atoms with van der Waals surface area (Å²) in [5.74, 6) is -0.473. The Balaban J connectivity index is 2.50. The van der Waals surface area contributed by atoms with Gasteiger partial charge in [0.25, 0.3) is 0 Å². The van der Waals surface area contributed by atoms with E-state index in [1.54, 1.807) is 11.9 Å². The standard InChI is InChI=1S/C15H22N2O3/c1-11-7-5-6-8-13(11)12(2)16-14(18)9-17(3)10-15(19)20-4/h5-8,12H,9-10H2,1-4H3,(H,16,18). The van der Waals surface area contributed by atoms with Crippen molar-refractivity contribution in [2.45, 2.75) is 19.9 Å². The maximum Gasteiger partial charge on any atom is 0.319 e. The first-order valence-corrected chi connectivity index (χ1v) is 6.54. The Morgan fingerprint density at radius 1 is 1.30 bits per heavy atom. The Bertz CT molecular complexity index is 474. The summed E-state index contributed by atoms with van der Waals surface area (Å²) in [6.07, 6.45) is 0. The number of methoxy groups -OCH3 is 1. The average molecular weight is 278 g/mol. The van der Waals surface area contributed by atoms with Crippen molar-refractivity contribution in [3.8, 4) is 0 Å². The van der Waals surface area contributed by atoms with E-state index in [9.17, 15) is 9.59 Å². The van der Waals surface area contributed by atoms with Crippen molar-refractivity contribution < 1.29 is 14.3 Å². The number of aryl methyl sites for hydroxylation is 1. The van der Waals surface area contributed by atoms with Gasteiger partial charge in [0, 0.05) is 0 Å². The Morgan fingerprint density at radius 2 is 1.95 bits per heavy atom. The molecule has 0 fully saturated rings. The molecule has 5 nitrogen and oxygen atoms in total. The number of carbonyl (C=O) groups excluding carboxylic acids is 2. The van der Waals surface area contributed by atoms with Crippen LogP contribution in [0.2, 0.25) is 0 Å². The highest BCUT2D eigenvalue weighted by atomic mass is 16.5. The Hall–Kier alpha value is -1.88. The van der Waals surface area contributed by atoms with E-state index in [4.69, 9.17) is 0 Å². The van der Waals surface area contributed by atoms with E-state index < -0.39 is 0 Å². The fourth-order valence-electron chi connectivity index (χ4n) is 2.02. The van der Waals surface area contributed by atoms with Crippen molar-refractivity contribution in [3.63, 3.8) is 0 Å². The summed E-state index contributed by atoms with van der Waals surface area (Å²) in [4.78, 5) is 24.6. The van der Waals surface area contributed by atoms with Crippen molar-refractivity contribution in [1.82, 2.24) is 10.2 Å². The molecule has 1 N–H and O–H groups in total. The largest absolute Gasteiger partial charge is 0.468 e. The van der Waals surface area contributed by atoms with Crippen molar-refractivity contribution in [3.05, 3.63) is 35.4 Å². The number of nitrogens with zero attached hydrogens (tertiary/aromatic N) is 1. The highest BCUT2D eigenvalue weighted by Gasteiger charge is 2.14. The second-order valence-electron chi connectivity index (χ2n) is 4.89. The number of hydrogen-bond donors (Lipinski definition) is 1. The molecular formula is C15H22N2O3. The summed E-state index contributed by atoms with van der Waals surface area (Å²) in [5, 5.41) is 2.93. The first-order valence-electron chi connectivity index (χ1n) is 6.54. The molecule has 0 saturated heterocycles. The highest BCUT2D eigenvalue weighted by Crippen LogP contribution is 2.16. The van der Waals surface area contributed by atoms with Crippen LogP contribution in [0, 0.1) is 6.92 Å². The van der Waals surface area contributed by atoms with Crippen LogP contribution in [0.15, 0.2) is 24.3 Å². The lowest BCUT2D eigenvalue weighted by atomic mass is 10.0. The maximum absolute atomic E-state index is 11.9. The van der Waals surface area contributed by atoms with E-state index >= 15 is 0 Å². The number of hydrogen-bond acceptors (Lipinski definition) is 4. The van der Waals surface area contributed by atoms with E-state index in [2.05, 4.69) is 10.1 Å². The second kappa shape index (κ2) is 7.65. The number of esters is 1. The van der Waals surface area contributed by atoms with E-state index in [0.717, 1.165) is 11.1 Å². The molecule has 0 spiro atoms. The van der Waals surface area contributed by atoms with Crippen molar-refractivity contribution in [1.29, 1.82) is 0 Å². The molecule has 1 amide bonds. The van der Waals surface area contributed by atoms with Gasteiger partial charge < -0.3 is 10.1 Å². The average Bonchev–Trinajstić information content (AvgIpc) is 2.38. The lowest BCUT2D eigenvalue weighted by Crippen LogP contribution is -2.38. The minimum Gasteiger partial charge on any atom is -0.468 e. The molecule has 0 aliphatic carbocycles. The van der Waals surface area contributed by atoms with Gasteiger partial charge in [-0.1, -0.05) is 24.3 Å². The molecule has 0 aliphatic rings. The van der Waals surface area contributed by atoms with Crippen LogP contribution in [0.5, 0.6) is 0 Å². The van der Waals surface area contributed by atoms with Gasteiger partial charge in [-0.2, -0.15) is 0 Å². The second-order valence-corrected chi connectivity index (χ2v) is 4.89. The van der Waals surface area contributed by atoms with Gasteiger partial charge in [-0.05, 0) is 32.0 Å². The Kier molecular flexibility index (Phi) is 6.18. The monoisotopic (exact) mass is 278 g/mol. The molecule has 110 valence electrons. The summed E-state index contributed by atoms with van der Waals surface area (Å²) in [6, 6.07) is 7.88. The summed E-state index contributed by atoms with van der Waals surface area (Å²) >= 11 is 0. The minimum absolute atomic E-state index is 0.0600. The molecule has 1 atom stereocenters. The predicted octanol–water partition coefficient (Wildman–Crippen LogP) is 1.28. The summed E-state index contributed by atoms with van der Waals surface area (Å²) < 4.78 is 4.56. The molecule has 0 aromatic heterocycles. The molecule has 5 heteroatoms. The van der Waals surface area contributed by atoms with Crippen LogP contribution in [0.25, 0.3) is 0 Å². The summed E-state index contributed by atoms with van der Waals surface area (Å²) in [7, 11) is 3.03. The third-order valence-corrected chi connectivity index (χ3v) is 3.07. The van der Waals surface area contributed by atoms with Crippen LogP contribution in [0.3, 0.4) is 0 Å². The van der Waals surface area contributed by atoms with E-state index in [1.807, 2.05) is 38.1 Å². The normalized spacial score (nSPS) is 12.1. The number of benzene rings is 1. The van der Waals surface area contributed by atoms with Crippen LogP contribution >= 0.6 is 0 Å². The molecule has 1 aromatic rings. The van der Waals surface area contributed by atoms with Crippen LogP contribution in [-0.4, -0.2) is 44.0 Å². The van der Waals surface area contributed by atoms with Gasteiger partial charge in [-0.15, -0.1) is 0 Å². The molecule has 0 aliphatic heterocycles. The summed E-state index contributed by atoms with van der Waals surface area (Å²) in [5.41, 5.74) is 2.24. The first-order chi connectivity index (χ1) is 9.43. The first kappa shape index (κ1) is 16.2. The van der Waals surface area contributed by atoms with Crippen molar-refractivity contribution in [2.75, 3.05) is 27.2 Å². The van der Waals surface area contributed by atoms with Crippen molar-refractivity contribution in [2.24, 2.45) is 0 Å². The van der Waals surface area contributed by atoms with Crippen LogP contribution < -0.4 is 5.32 Å². The third kappa shape index (κ3) is 5.01. The number of likely N-dealkylation sites (N-methyl/N-ethyl adjacent to an activating group) is 1. The molecule has 0 bridgehead atoms. The molecule has 0 radical (unpaired) electrons. The number of ether oxygens (including phenoxy) is 1. The lowest BCUT2D eigenvalue weighted by molar-refractivity contribution is -0.141. The topological polar surface area (TPSA) is 58.6 Å². The highest BCUT2D eigenvalue weighted by molar-refractivity contribution is 5.79. The molecular weight excluding hydrogens is 256 g/mol. The van der Waals surface area contributed by atoms with Gasteiger partial charge in [0.1, 0.15) is 0 Å². The van der Waals surface area contributed by atoms with Gasteiger partial charge in [0.2, 0.25) is 5.91 Å². The van der Waals surface area contributed by atoms with E-state index in [-0.39, 0.29) is 31.0 Å². The smallest absolute Gasteiger partial charge is 0.319 e. The molecule has 0 saturated carbocycles. The van der Waals surface area contributed by atoms with Gasteiger partial charge >= 0.3 is 5.97 Å². The molecule has 1 unspecified atom stereocenters. The number of amides is 1. The van der Waals surface area contributed by atoms with Crippen molar-refractivity contribution >= 4 is 11.9 Å². The van der Waals surface area contributed by atoms with E-state index in [0.29, 0.717) is 0 Å². The Labute approximate surface area is 119 Å². The van der Waals surface area contributed by atoms with Gasteiger partial charge in [0.15, 0.2) is 0 Å². The van der Waals surface area contributed by atoms with Gasteiger partial charge in [0.05, 0.1) is 26.2 Å². The lowest BCUT2D eigenvalue weighted by Gasteiger charge is -2.19. The van der Waals surface area contributed by atoms with Gasteiger partial charge in [-0.3, -0.25) is 14.5 Å². The zero-order valence-corrected chi connectivity index (χ0v) is 12.5. The quantitative estimate of drug-likeness (QED) is 0.796. The number of rotatable bonds is 6. The van der Waals surface area contributed by atoms with Crippen LogP contribution in [0.4, 0.5) is 0 Å². The maximum atomic E-state index is 11.9. The van der Waals surface area contributed by atoms with E-state index in [1.165, 1.54) is 7.11 Å². The fourth-order valence-corrected chi connectivity index (χ4v) is 2.02. The molecule has 20 heavy (non-hydrogen) atoms. The fraction of sp³-hybridized carbons (Fsp3) is 0.467. The number of nitrogens with one attached hydrogen (secondary N) is 1. The van der Waals surface area contributed by atoms with Crippen LogP contribution in [0.1, 0.15) is 24.1 Å². The predicted molar refractivity (Wildman–Crippen MR) is 77.2 cm³/mol. The molecule has 1 rings (SSSR count). The molecule has 1 aromatic carbocycles. The number of carbonyl (C=O) groups is 2. The third-order valence-electron chi connectivity index (χ3n) is 3.07.